The number of amides is 1. The number of Topliss-reactive ketones (excluding diaryl/α,β-unsaturated/α-hetero) is 1. The summed E-state index contributed by atoms with van der Waals surface area (Å²) in [6, 6.07) is 13.7. The van der Waals surface area contributed by atoms with Gasteiger partial charge >= 0.3 is 5.97 Å². The van der Waals surface area contributed by atoms with E-state index in [1.165, 1.54) is 14.0 Å². The number of hydrogen-bond donors (Lipinski definition) is 1. The monoisotopic (exact) mass is 423 g/mol. The maximum Gasteiger partial charge on any atom is 0.375 e. The molecule has 0 unspecified atom stereocenters. The number of ketones is 1. The fourth-order valence-electron chi connectivity index (χ4n) is 3.22. The van der Waals surface area contributed by atoms with Gasteiger partial charge in [0.1, 0.15) is 5.58 Å². The van der Waals surface area contributed by atoms with Gasteiger partial charge in [-0.25, -0.2) is 4.79 Å². The molecule has 7 nitrogen and oxygen atoms in total. The van der Waals surface area contributed by atoms with Crippen LogP contribution in [0.5, 0.6) is 0 Å². The Morgan fingerprint density at radius 3 is 2.45 bits per heavy atom. The van der Waals surface area contributed by atoms with Crippen molar-refractivity contribution in [2.75, 3.05) is 12.4 Å². The highest BCUT2D eigenvalue weighted by Gasteiger charge is 2.26. The van der Waals surface area contributed by atoms with Gasteiger partial charge in [-0.1, -0.05) is 25.1 Å². The molecule has 1 aromatic heterocycles. The summed E-state index contributed by atoms with van der Waals surface area (Å²) in [6.45, 7) is 3.61. The van der Waals surface area contributed by atoms with Crippen LogP contribution >= 0.6 is 0 Å². The summed E-state index contributed by atoms with van der Waals surface area (Å²) in [7, 11) is 1.53. The van der Waals surface area contributed by atoms with E-state index in [9.17, 15) is 14.4 Å². The first-order chi connectivity index (χ1) is 14.9. The topological polar surface area (TPSA) is 94.8 Å². The summed E-state index contributed by atoms with van der Waals surface area (Å²) < 4.78 is 16.3. The predicted molar refractivity (Wildman–Crippen MR) is 116 cm³/mol. The van der Waals surface area contributed by atoms with E-state index < -0.39 is 12.1 Å². The summed E-state index contributed by atoms with van der Waals surface area (Å²) >= 11 is 0. The highest BCUT2D eigenvalue weighted by molar-refractivity contribution is 6.02. The second kappa shape index (κ2) is 10.0. The summed E-state index contributed by atoms with van der Waals surface area (Å²) in [5.74, 6) is -1.14. The van der Waals surface area contributed by atoms with Gasteiger partial charge in [-0.2, -0.15) is 0 Å². The maximum atomic E-state index is 12.7. The minimum atomic E-state index is -1.02. The van der Waals surface area contributed by atoms with E-state index in [4.69, 9.17) is 13.9 Å². The van der Waals surface area contributed by atoms with Gasteiger partial charge in [-0.3, -0.25) is 9.59 Å². The molecule has 0 aliphatic heterocycles. The van der Waals surface area contributed by atoms with Gasteiger partial charge in [0.2, 0.25) is 17.5 Å². The molecule has 0 aliphatic rings. The molecule has 0 fully saturated rings. The van der Waals surface area contributed by atoms with Crippen molar-refractivity contribution in [3.63, 3.8) is 0 Å². The Labute approximate surface area is 180 Å². The van der Waals surface area contributed by atoms with Crippen LogP contribution in [-0.2, 0) is 20.9 Å². The van der Waals surface area contributed by atoms with Gasteiger partial charge in [-0.05, 0) is 43.7 Å². The number of nitrogens with one attached hydrogen (secondary N) is 1. The molecule has 0 radical (unpaired) electrons. The molecular formula is C24H25NO6. The molecule has 0 saturated carbocycles. The molecular weight excluding hydrogens is 398 g/mol. The zero-order valence-electron chi connectivity index (χ0n) is 17.8. The van der Waals surface area contributed by atoms with Crippen LogP contribution in [0.3, 0.4) is 0 Å². The number of furan rings is 1. The normalized spacial score (nSPS) is 11.8. The quantitative estimate of drug-likeness (QED) is 0.394. The van der Waals surface area contributed by atoms with Crippen molar-refractivity contribution in [1.82, 2.24) is 0 Å². The molecule has 0 aliphatic carbocycles. The third kappa shape index (κ3) is 5.19. The number of carbonyl (C=O) groups excluding carboxylic acids is 3. The minimum Gasteiger partial charge on any atom is -0.449 e. The Kier molecular flexibility index (Phi) is 7.20. The summed E-state index contributed by atoms with van der Waals surface area (Å²) in [4.78, 5) is 37.1. The van der Waals surface area contributed by atoms with E-state index in [1.807, 2.05) is 19.1 Å². The van der Waals surface area contributed by atoms with Crippen LogP contribution in [0.2, 0.25) is 0 Å². The minimum absolute atomic E-state index is 0.0247. The second-order valence-corrected chi connectivity index (χ2v) is 7.13. The molecule has 2 aromatic carbocycles. The lowest BCUT2D eigenvalue weighted by Crippen LogP contribution is -2.24. The average molecular weight is 423 g/mol. The van der Waals surface area contributed by atoms with Crippen LogP contribution < -0.4 is 5.32 Å². The van der Waals surface area contributed by atoms with Crippen molar-refractivity contribution in [1.29, 1.82) is 0 Å². The predicted octanol–water partition coefficient (Wildman–Crippen LogP) is 4.75. The van der Waals surface area contributed by atoms with Gasteiger partial charge in [0.15, 0.2) is 6.10 Å². The highest BCUT2D eigenvalue weighted by atomic mass is 16.6. The molecule has 1 N–H and O–H groups in total. The molecule has 162 valence electrons. The first kappa shape index (κ1) is 22.2. The van der Waals surface area contributed by atoms with Crippen LogP contribution in [0.25, 0.3) is 11.0 Å². The maximum absolute atomic E-state index is 12.7. The molecule has 0 bridgehead atoms. The summed E-state index contributed by atoms with van der Waals surface area (Å²) in [5, 5.41) is 3.52. The third-order valence-electron chi connectivity index (χ3n) is 4.76. The Hall–Kier alpha value is -3.45. The standard InChI is InChI=1S/C24H25NO6/c1-4-7-21(26)25-17-12-10-16(11-13-17)22(27)15(2)30-24(28)23-19(14-29-3)18-8-5-6-9-20(18)31-23/h5-6,8-13,15H,4,7,14H2,1-3H3,(H,25,26)/t15-/m0/s1. The number of hydrogen-bond acceptors (Lipinski definition) is 6. The first-order valence-corrected chi connectivity index (χ1v) is 10.1. The number of benzene rings is 2. The van der Waals surface area contributed by atoms with Gasteiger partial charge in [0.25, 0.3) is 0 Å². The zero-order valence-corrected chi connectivity index (χ0v) is 17.8. The summed E-state index contributed by atoms with van der Waals surface area (Å²) in [5.41, 5.74) is 2.10. The lowest BCUT2D eigenvalue weighted by molar-refractivity contribution is -0.116. The van der Waals surface area contributed by atoms with Gasteiger partial charge < -0.3 is 19.2 Å². The lowest BCUT2D eigenvalue weighted by Gasteiger charge is -2.12. The molecule has 3 rings (SSSR count). The first-order valence-electron chi connectivity index (χ1n) is 10.1. The zero-order chi connectivity index (χ0) is 22.4. The fraction of sp³-hybridized carbons (Fsp3) is 0.292. The average Bonchev–Trinajstić information content (AvgIpc) is 3.13. The third-order valence-corrected chi connectivity index (χ3v) is 4.76. The Bertz CT molecular complexity index is 1080. The second-order valence-electron chi connectivity index (χ2n) is 7.13. The Morgan fingerprint density at radius 2 is 1.77 bits per heavy atom. The number of methoxy groups -OCH3 is 1. The van der Waals surface area contributed by atoms with E-state index in [0.29, 0.717) is 28.8 Å². The number of para-hydroxylation sites is 1. The molecule has 0 spiro atoms. The van der Waals surface area contributed by atoms with Crippen molar-refractivity contribution < 1.29 is 28.3 Å². The molecule has 1 amide bonds. The number of rotatable bonds is 9. The van der Waals surface area contributed by atoms with E-state index in [1.54, 1.807) is 36.4 Å². The molecule has 7 heteroatoms. The Morgan fingerprint density at radius 1 is 1.06 bits per heavy atom. The van der Waals surface area contributed by atoms with E-state index >= 15 is 0 Å². The lowest BCUT2D eigenvalue weighted by atomic mass is 10.1. The van der Waals surface area contributed by atoms with E-state index in [0.717, 1.165) is 11.8 Å². The number of fused-ring (bicyclic) bond motifs is 1. The van der Waals surface area contributed by atoms with Crippen LogP contribution in [0.4, 0.5) is 5.69 Å². The summed E-state index contributed by atoms with van der Waals surface area (Å²) in [6.07, 6.45) is 0.167. The molecule has 0 saturated heterocycles. The van der Waals surface area contributed by atoms with Crippen molar-refractivity contribution in [3.05, 3.63) is 65.4 Å². The van der Waals surface area contributed by atoms with E-state index in [2.05, 4.69) is 5.32 Å². The van der Waals surface area contributed by atoms with Crippen LogP contribution in [-0.4, -0.2) is 30.9 Å². The smallest absolute Gasteiger partial charge is 0.375 e. The number of carbonyl (C=O) groups is 3. The highest BCUT2D eigenvalue weighted by Crippen LogP contribution is 2.27. The fourth-order valence-corrected chi connectivity index (χ4v) is 3.22. The molecule has 31 heavy (non-hydrogen) atoms. The van der Waals surface area contributed by atoms with Crippen molar-refractivity contribution in [2.45, 2.75) is 39.4 Å². The van der Waals surface area contributed by atoms with Crippen molar-refractivity contribution in [3.8, 4) is 0 Å². The van der Waals surface area contributed by atoms with Gasteiger partial charge in [0.05, 0.1) is 6.61 Å². The number of ether oxygens (including phenoxy) is 2. The van der Waals surface area contributed by atoms with Gasteiger partial charge in [0, 0.05) is 35.7 Å². The van der Waals surface area contributed by atoms with Crippen molar-refractivity contribution >= 4 is 34.3 Å². The number of esters is 1. The van der Waals surface area contributed by atoms with Crippen LogP contribution in [0.15, 0.2) is 52.9 Å². The van der Waals surface area contributed by atoms with Crippen molar-refractivity contribution in [2.24, 2.45) is 0 Å². The largest absolute Gasteiger partial charge is 0.449 e. The van der Waals surface area contributed by atoms with Crippen LogP contribution in [0, 0.1) is 0 Å². The molecule has 3 aromatic rings. The molecule has 1 heterocycles. The number of anilines is 1. The van der Waals surface area contributed by atoms with E-state index in [-0.39, 0.29) is 24.1 Å². The molecule has 1 atom stereocenters. The Balaban J connectivity index is 1.71. The van der Waals surface area contributed by atoms with Gasteiger partial charge in [-0.15, -0.1) is 0 Å². The SMILES string of the molecule is CCCC(=O)Nc1ccc(C(=O)[C@H](C)OC(=O)c2oc3ccccc3c2COC)cc1. The van der Waals surface area contributed by atoms with Crippen LogP contribution in [0.1, 0.15) is 53.2 Å².